The highest BCUT2D eigenvalue weighted by Gasteiger charge is 2.24. The summed E-state index contributed by atoms with van der Waals surface area (Å²) < 4.78 is 33.9. The van der Waals surface area contributed by atoms with E-state index >= 15 is 0 Å². The molecule has 32 heavy (non-hydrogen) atoms. The lowest BCUT2D eigenvalue weighted by Gasteiger charge is -2.13. The molecule has 1 aromatic heterocycles. The van der Waals surface area contributed by atoms with Gasteiger partial charge >= 0.3 is 0 Å². The third-order valence-corrected chi connectivity index (χ3v) is 5.29. The van der Waals surface area contributed by atoms with Crippen LogP contribution in [0.2, 0.25) is 0 Å². The monoisotopic (exact) mass is 434 g/mol. The number of para-hydroxylation sites is 1. The van der Waals surface area contributed by atoms with Crippen molar-refractivity contribution in [3.63, 3.8) is 0 Å². The number of methoxy groups -OCH3 is 2. The number of fused-ring (bicyclic) bond motifs is 2. The number of rotatable bonds is 8. The SMILES string of the molecule is COc1cccc(COc2cc(OCC3CO3)cc3oc4c(OC)cccc4c(=O)c23)c1. The lowest BCUT2D eigenvalue weighted by Crippen LogP contribution is -2.08. The minimum Gasteiger partial charge on any atom is -0.497 e. The van der Waals surface area contributed by atoms with Gasteiger partial charge in [0.25, 0.3) is 0 Å². The molecule has 1 aliphatic heterocycles. The van der Waals surface area contributed by atoms with Crippen LogP contribution in [-0.2, 0) is 11.3 Å². The summed E-state index contributed by atoms with van der Waals surface area (Å²) in [7, 11) is 3.15. The van der Waals surface area contributed by atoms with Crippen molar-refractivity contribution < 1.29 is 28.1 Å². The fourth-order valence-electron chi connectivity index (χ4n) is 3.55. The van der Waals surface area contributed by atoms with E-state index in [1.807, 2.05) is 24.3 Å². The van der Waals surface area contributed by atoms with Crippen LogP contribution in [0, 0.1) is 0 Å². The first kappa shape index (κ1) is 20.2. The highest BCUT2D eigenvalue weighted by atomic mass is 16.6. The van der Waals surface area contributed by atoms with E-state index in [-0.39, 0.29) is 18.1 Å². The van der Waals surface area contributed by atoms with Crippen LogP contribution in [0.1, 0.15) is 5.56 Å². The van der Waals surface area contributed by atoms with Gasteiger partial charge in [0.05, 0.1) is 26.2 Å². The molecule has 7 heteroatoms. The molecule has 1 unspecified atom stereocenters. The highest BCUT2D eigenvalue weighted by molar-refractivity contribution is 5.95. The van der Waals surface area contributed by atoms with E-state index in [0.717, 1.165) is 11.3 Å². The van der Waals surface area contributed by atoms with Gasteiger partial charge < -0.3 is 28.1 Å². The van der Waals surface area contributed by atoms with Crippen LogP contribution in [0.3, 0.4) is 0 Å². The van der Waals surface area contributed by atoms with Gasteiger partial charge in [0.1, 0.15) is 47.5 Å². The number of epoxide rings is 1. The van der Waals surface area contributed by atoms with E-state index in [0.29, 0.717) is 52.4 Å². The smallest absolute Gasteiger partial charge is 0.204 e. The molecule has 1 atom stereocenters. The molecule has 1 fully saturated rings. The maximum Gasteiger partial charge on any atom is 0.204 e. The van der Waals surface area contributed by atoms with Gasteiger partial charge in [-0.15, -0.1) is 0 Å². The zero-order valence-corrected chi connectivity index (χ0v) is 17.8. The maximum atomic E-state index is 13.4. The summed E-state index contributed by atoms with van der Waals surface area (Å²) in [5, 5.41) is 0.770. The molecular formula is C25H22O7. The summed E-state index contributed by atoms with van der Waals surface area (Å²) in [5.41, 5.74) is 1.45. The molecule has 0 N–H and O–H groups in total. The van der Waals surface area contributed by atoms with Gasteiger partial charge in [0, 0.05) is 12.1 Å². The first-order valence-electron chi connectivity index (χ1n) is 10.2. The van der Waals surface area contributed by atoms with Crippen molar-refractivity contribution in [2.24, 2.45) is 0 Å². The summed E-state index contributed by atoms with van der Waals surface area (Å²) in [6.07, 6.45) is 0.0931. The Morgan fingerprint density at radius 1 is 0.938 bits per heavy atom. The van der Waals surface area contributed by atoms with E-state index in [2.05, 4.69) is 0 Å². The third-order valence-electron chi connectivity index (χ3n) is 5.29. The van der Waals surface area contributed by atoms with Crippen LogP contribution in [0.5, 0.6) is 23.0 Å². The highest BCUT2D eigenvalue weighted by Crippen LogP contribution is 2.34. The van der Waals surface area contributed by atoms with Crippen molar-refractivity contribution in [3.05, 3.63) is 70.4 Å². The van der Waals surface area contributed by atoms with Crippen LogP contribution in [0.15, 0.2) is 63.8 Å². The van der Waals surface area contributed by atoms with E-state index in [1.165, 1.54) is 7.11 Å². The first-order chi connectivity index (χ1) is 15.7. The van der Waals surface area contributed by atoms with Gasteiger partial charge in [0.2, 0.25) is 5.43 Å². The van der Waals surface area contributed by atoms with E-state index in [9.17, 15) is 4.79 Å². The van der Waals surface area contributed by atoms with Crippen molar-refractivity contribution in [2.45, 2.75) is 12.7 Å². The van der Waals surface area contributed by atoms with Gasteiger partial charge in [-0.2, -0.15) is 0 Å². The van der Waals surface area contributed by atoms with Crippen LogP contribution < -0.4 is 24.4 Å². The fourth-order valence-corrected chi connectivity index (χ4v) is 3.55. The Morgan fingerprint density at radius 3 is 2.56 bits per heavy atom. The molecule has 0 spiro atoms. The predicted molar refractivity (Wildman–Crippen MR) is 119 cm³/mol. The molecule has 164 valence electrons. The number of hydrogen-bond acceptors (Lipinski definition) is 7. The molecule has 3 aromatic carbocycles. The number of hydrogen-bond donors (Lipinski definition) is 0. The minimum absolute atomic E-state index is 0.0931. The Hall–Kier alpha value is -3.71. The van der Waals surface area contributed by atoms with Crippen LogP contribution in [0.4, 0.5) is 0 Å². The lowest BCUT2D eigenvalue weighted by atomic mass is 10.1. The Labute approximate surface area is 184 Å². The van der Waals surface area contributed by atoms with Crippen molar-refractivity contribution in [1.82, 2.24) is 0 Å². The Bertz CT molecular complexity index is 1340. The second-order valence-corrected chi connectivity index (χ2v) is 7.47. The zero-order valence-electron chi connectivity index (χ0n) is 17.8. The third kappa shape index (κ3) is 3.94. The van der Waals surface area contributed by atoms with Crippen molar-refractivity contribution in [2.75, 3.05) is 27.4 Å². The Balaban J connectivity index is 1.60. The molecule has 0 amide bonds. The molecule has 0 radical (unpaired) electrons. The average molecular weight is 434 g/mol. The lowest BCUT2D eigenvalue weighted by molar-refractivity contribution is 0.260. The van der Waals surface area contributed by atoms with Crippen LogP contribution >= 0.6 is 0 Å². The fraction of sp³-hybridized carbons (Fsp3) is 0.240. The van der Waals surface area contributed by atoms with Crippen molar-refractivity contribution in [1.29, 1.82) is 0 Å². The van der Waals surface area contributed by atoms with Gasteiger partial charge in [-0.3, -0.25) is 4.79 Å². The molecule has 0 bridgehead atoms. The maximum absolute atomic E-state index is 13.4. The molecule has 4 aromatic rings. The summed E-state index contributed by atoms with van der Waals surface area (Å²) in [5.74, 6) is 2.13. The molecule has 2 heterocycles. The summed E-state index contributed by atoms with van der Waals surface area (Å²) in [6, 6.07) is 16.2. The first-order valence-corrected chi connectivity index (χ1v) is 10.2. The van der Waals surface area contributed by atoms with Crippen molar-refractivity contribution in [3.8, 4) is 23.0 Å². The Morgan fingerprint density at radius 2 is 1.78 bits per heavy atom. The second-order valence-electron chi connectivity index (χ2n) is 7.47. The van der Waals surface area contributed by atoms with Gasteiger partial charge in [-0.1, -0.05) is 18.2 Å². The van der Waals surface area contributed by atoms with E-state index < -0.39 is 0 Å². The topological polar surface area (TPSA) is 79.7 Å². The molecule has 1 aliphatic rings. The summed E-state index contributed by atoms with van der Waals surface area (Å²) in [4.78, 5) is 13.4. The number of ether oxygens (including phenoxy) is 5. The predicted octanol–water partition coefficient (Wildman–Crippen LogP) is 4.32. The van der Waals surface area contributed by atoms with Crippen LogP contribution in [0.25, 0.3) is 21.9 Å². The van der Waals surface area contributed by atoms with Gasteiger partial charge in [-0.25, -0.2) is 0 Å². The minimum atomic E-state index is -0.196. The van der Waals surface area contributed by atoms with Crippen LogP contribution in [-0.4, -0.2) is 33.5 Å². The van der Waals surface area contributed by atoms with E-state index in [1.54, 1.807) is 37.4 Å². The zero-order chi connectivity index (χ0) is 22.1. The molecule has 7 nitrogen and oxygen atoms in total. The summed E-state index contributed by atoms with van der Waals surface area (Å²) >= 11 is 0. The summed E-state index contributed by atoms with van der Waals surface area (Å²) in [6.45, 7) is 1.35. The average Bonchev–Trinajstić information content (AvgIpc) is 3.65. The second kappa shape index (κ2) is 8.43. The molecule has 5 rings (SSSR count). The normalized spacial score (nSPS) is 15.0. The van der Waals surface area contributed by atoms with Gasteiger partial charge in [0.15, 0.2) is 11.3 Å². The quantitative estimate of drug-likeness (QED) is 0.302. The largest absolute Gasteiger partial charge is 0.497 e. The molecular weight excluding hydrogens is 412 g/mol. The number of benzene rings is 3. The standard InChI is InChI=1S/C25H22O7/c1-27-16-6-3-5-15(9-16)12-31-21-10-17(29-13-18-14-30-18)11-22-23(21)24(26)19-7-4-8-20(28-2)25(19)32-22/h3-11,18H,12-14H2,1-2H3. The molecule has 1 saturated heterocycles. The van der Waals surface area contributed by atoms with Gasteiger partial charge in [-0.05, 0) is 29.8 Å². The molecule has 0 aliphatic carbocycles. The molecule has 0 saturated carbocycles. The Kier molecular flexibility index (Phi) is 5.33. The van der Waals surface area contributed by atoms with Crippen molar-refractivity contribution >= 4 is 21.9 Å². The van der Waals surface area contributed by atoms with E-state index in [4.69, 9.17) is 28.1 Å².